The van der Waals surface area contributed by atoms with Crippen molar-refractivity contribution < 1.29 is 4.84 Å². The fourth-order valence-electron chi connectivity index (χ4n) is 1.47. The second-order valence-electron chi connectivity index (χ2n) is 3.27. The van der Waals surface area contributed by atoms with Gasteiger partial charge in [0.05, 0.1) is 11.0 Å². The number of rotatable bonds is 4. The van der Waals surface area contributed by atoms with Gasteiger partial charge in [-0.2, -0.15) is 11.8 Å². The zero-order valence-electron chi connectivity index (χ0n) is 9.03. The van der Waals surface area contributed by atoms with Crippen LogP contribution in [0.1, 0.15) is 20.3 Å². The average molecular weight is 215 g/mol. The Morgan fingerprint density at radius 2 is 2.43 bits per heavy atom. The van der Waals surface area contributed by atoms with Crippen LogP contribution in [-0.4, -0.2) is 41.3 Å². The van der Waals surface area contributed by atoms with Gasteiger partial charge in [0.2, 0.25) is 0 Å². The average Bonchev–Trinajstić information content (AvgIpc) is 2.17. The highest BCUT2D eigenvalue weighted by Gasteiger charge is 2.21. The fraction of sp³-hybridized carbons (Fsp3) is 0.800. The van der Waals surface area contributed by atoms with Crippen LogP contribution in [0.2, 0.25) is 0 Å². The number of oxime groups is 1. The Bertz CT molecular complexity index is 197. The molecule has 1 aliphatic heterocycles. The quantitative estimate of drug-likeness (QED) is 0.529. The standard InChI is InChI=1S/C10H19N2OS/c1-4-13-11-9-6-7-12(3)8-10(9)14-5-2/h10H,3-8H2,1-2H3/q-1/b11-9+. The van der Waals surface area contributed by atoms with Crippen LogP contribution < -0.4 is 0 Å². The molecule has 1 unspecified atom stereocenters. The summed E-state index contributed by atoms with van der Waals surface area (Å²) in [7, 11) is 3.97. The van der Waals surface area contributed by atoms with Gasteiger partial charge in [0.25, 0.3) is 0 Å². The number of hydrogen-bond acceptors (Lipinski definition) is 4. The largest absolute Gasteiger partial charge is 0.458 e. The summed E-state index contributed by atoms with van der Waals surface area (Å²) in [6, 6.07) is 0. The maximum atomic E-state index is 5.12. The first-order chi connectivity index (χ1) is 6.77. The Kier molecular flexibility index (Phi) is 5.33. The molecule has 1 heterocycles. The molecule has 0 N–H and O–H groups in total. The van der Waals surface area contributed by atoms with Crippen molar-refractivity contribution in [3.8, 4) is 0 Å². The number of piperidine rings is 1. The van der Waals surface area contributed by atoms with Crippen LogP contribution in [0.25, 0.3) is 0 Å². The van der Waals surface area contributed by atoms with Crippen molar-refractivity contribution in [2.45, 2.75) is 25.5 Å². The van der Waals surface area contributed by atoms with E-state index in [4.69, 9.17) is 4.84 Å². The summed E-state index contributed by atoms with van der Waals surface area (Å²) in [6.45, 7) is 6.77. The van der Waals surface area contributed by atoms with Gasteiger partial charge in [-0.3, -0.25) is 7.05 Å². The van der Waals surface area contributed by atoms with E-state index in [-0.39, 0.29) is 0 Å². The lowest BCUT2D eigenvalue weighted by Crippen LogP contribution is -2.39. The van der Waals surface area contributed by atoms with Crippen molar-refractivity contribution >= 4 is 17.5 Å². The van der Waals surface area contributed by atoms with E-state index in [1.807, 2.05) is 18.7 Å². The van der Waals surface area contributed by atoms with Crippen molar-refractivity contribution in [1.29, 1.82) is 0 Å². The van der Waals surface area contributed by atoms with E-state index >= 15 is 0 Å². The highest BCUT2D eigenvalue weighted by Crippen LogP contribution is 2.20. The number of thioether (sulfide) groups is 1. The van der Waals surface area contributed by atoms with Crippen LogP contribution in [0.4, 0.5) is 0 Å². The summed E-state index contributed by atoms with van der Waals surface area (Å²) in [5.74, 6) is 1.11. The first-order valence-corrected chi connectivity index (χ1v) is 6.18. The van der Waals surface area contributed by atoms with Crippen molar-refractivity contribution in [2.75, 3.05) is 25.4 Å². The monoisotopic (exact) mass is 215 g/mol. The Labute approximate surface area is 90.9 Å². The topological polar surface area (TPSA) is 24.8 Å². The van der Waals surface area contributed by atoms with Gasteiger partial charge in [0, 0.05) is 6.42 Å². The summed E-state index contributed by atoms with van der Waals surface area (Å²) < 4.78 is 0. The Balaban J connectivity index is 2.52. The number of likely N-dealkylation sites (tertiary alicyclic amines) is 1. The molecule has 0 amide bonds. The molecule has 0 radical (unpaired) electrons. The Morgan fingerprint density at radius 3 is 3.07 bits per heavy atom. The SMILES string of the molecule is [CH2-]N1CC/C(=N\OCC)C(SCC)C1. The Hall–Kier alpha value is -0.220. The normalized spacial score (nSPS) is 26.8. The molecule has 0 aromatic rings. The molecule has 0 saturated carbocycles. The van der Waals surface area contributed by atoms with Gasteiger partial charge in [-0.15, -0.1) is 0 Å². The van der Waals surface area contributed by atoms with Crippen LogP contribution in [0, 0.1) is 7.05 Å². The van der Waals surface area contributed by atoms with Crippen LogP contribution in [0.3, 0.4) is 0 Å². The third-order valence-electron chi connectivity index (χ3n) is 2.16. The molecule has 0 aliphatic carbocycles. The van der Waals surface area contributed by atoms with Crippen molar-refractivity contribution in [1.82, 2.24) is 4.90 Å². The maximum Gasteiger partial charge on any atom is 0.114 e. The first-order valence-electron chi connectivity index (χ1n) is 5.13. The lowest BCUT2D eigenvalue weighted by atomic mass is 10.1. The minimum absolute atomic E-state index is 0.470. The van der Waals surface area contributed by atoms with Crippen LogP contribution in [0.5, 0.6) is 0 Å². The highest BCUT2D eigenvalue weighted by molar-refractivity contribution is 8.00. The minimum Gasteiger partial charge on any atom is -0.458 e. The molecule has 14 heavy (non-hydrogen) atoms. The summed E-state index contributed by atoms with van der Waals surface area (Å²) in [6.07, 6.45) is 0.987. The third-order valence-corrected chi connectivity index (χ3v) is 3.32. The van der Waals surface area contributed by atoms with E-state index in [1.54, 1.807) is 0 Å². The van der Waals surface area contributed by atoms with Gasteiger partial charge in [-0.25, -0.2) is 0 Å². The van der Waals surface area contributed by atoms with Crippen molar-refractivity contribution in [3.63, 3.8) is 0 Å². The molecule has 0 spiro atoms. The first kappa shape index (κ1) is 11.9. The van der Waals surface area contributed by atoms with Crippen molar-refractivity contribution in [2.24, 2.45) is 5.16 Å². The molecular weight excluding hydrogens is 196 g/mol. The molecule has 0 aromatic carbocycles. The summed E-state index contributed by atoms with van der Waals surface area (Å²) in [5.41, 5.74) is 1.19. The van der Waals surface area contributed by atoms with Gasteiger partial charge in [0.1, 0.15) is 6.61 Å². The van der Waals surface area contributed by atoms with Gasteiger partial charge in [-0.05, 0) is 25.8 Å². The molecule has 0 bridgehead atoms. The highest BCUT2D eigenvalue weighted by atomic mass is 32.2. The van der Waals surface area contributed by atoms with Gasteiger partial charge < -0.3 is 9.74 Å². The van der Waals surface area contributed by atoms with E-state index < -0.39 is 0 Å². The predicted molar refractivity (Wildman–Crippen MR) is 62.5 cm³/mol. The lowest BCUT2D eigenvalue weighted by molar-refractivity contribution is 0.156. The maximum absolute atomic E-state index is 5.12. The van der Waals surface area contributed by atoms with E-state index in [0.29, 0.717) is 11.9 Å². The lowest BCUT2D eigenvalue weighted by Gasteiger charge is -2.35. The van der Waals surface area contributed by atoms with Gasteiger partial charge in [-0.1, -0.05) is 12.1 Å². The molecule has 1 saturated heterocycles. The third kappa shape index (κ3) is 3.50. The second kappa shape index (κ2) is 6.30. The number of hydrogen-bond donors (Lipinski definition) is 0. The fourth-order valence-corrected chi connectivity index (χ4v) is 2.54. The molecule has 4 heteroatoms. The second-order valence-corrected chi connectivity index (χ2v) is 4.75. The molecule has 1 rings (SSSR count). The molecular formula is C10H19N2OS-. The molecule has 1 fully saturated rings. The Morgan fingerprint density at radius 1 is 1.64 bits per heavy atom. The van der Waals surface area contributed by atoms with E-state index in [1.165, 1.54) is 5.71 Å². The van der Waals surface area contributed by atoms with Gasteiger partial charge >= 0.3 is 0 Å². The summed E-state index contributed by atoms with van der Waals surface area (Å²) >= 11 is 1.92. The molecule has 1 aliphatic rings. The molecule has 0 aromatic heterocycles. The van der Waals surface area contributed by atoms with Crippen molar-refractivity contribution in [3.05, 3.63) is 7.05 Å². The van der Waals surface area contributed by atoms with Crippen LogP contribution >= 0.6 is 11.8 Å². The van der Waals surface area contributed by atoms with E-state index in [2.05, 4.69) is 24.0 Å². The summed E-state index contributed by atoms with van der Waals surface area (Å²) in [5, 5.41) is 4.65. The molecule has 1 atom stereocenters. The predicted octanol–water partition coefficient (Wildman–Crippen LogP) is 2.00. The zero-order valence-corrected chi connectivity index (χ0v) is 9.85. The summed E-state index contributed by atoms with van der Waals surface area (Å²) in [4.78, 5) is 7.23. The minimum atomic E-state index is 0.470. The van der Waals surface area contributed by atoms with E-state index in [0.717, 1.165) is 25.3 Å². The zero-order chi connectivity index (χ0) is 10.4. The molecule has 82 valence electrons. The van der Waals surface area contributed by atoms with Gasteiger partial charge in [0.15, 0.2) is 0 Å². The number of nitrogens with zero attached hydrogens (tertiary/aromatic N) is 2. The van der Waals surface area contributed by atoms with Crippen LogP contribution in [-0.2, 0) is 4.84 Å². The molecule has 3 nitrogen and oxygen atoms in total. The smallest absolute Gasteiger partial charge is 0.114 e. The van der Waals surface area contributed by atoms with Crippen LogP contribution in [0.15, 0.2) is 5.16 Å². The van der Waals surface area contributed by atoms with E-state index in [9.17, 15) is 0 Å².